The molecule has 14 nitrogen and oxygen atoms in total. The lowest BCUT2D eigenvalue weighted by Gasteiger charge is -2.14. The molecule has 0 aliphatic rings. The Labute approximate surface area is 703 Å². The van der Waals surface area contributed by atoms with Crippen LogP contribution < -0.4 is 0 Å². The van der Waals surface area contributed by atoms with Crippen LogP contribution in [0.2, 0.25) is 0 Å². The molecule has 14 heteroatoms. The van der Waals surface area contributed by atoms with Gasteiger partial charge in [0.25, 0.3) is 0 Å². The van der Waals surface area contributed by atoms with Crippen LogP contribution in [0.3, 0.4) is 0 Å². The van der Waals surface area contributed by atoms with Gasteiger partial charge in [0, 0.05) is 108 Å². The highest BCUT2D eigenvalue weighted by Gasteiger charge is 2.31. The maximum atomic E-state index is 7.98. The number of nitrogens with zero attached hydrogens (tertiary/aromatic N) is 14. The van der Waals surface area contributed by atoms with E-state index in [2.05, 4.69) is 297 Å². The average Bonchev–Trinajstić information content (AvgIpc) is 1.52. The molecule has 0 aliphatic carbocycles. The number of hydrogen-bond acceptors (Lipinski definition) is 6. The molecular formula is C110H60N14. The Kier molecular flexibility index (Phi) is 13.9. The summed E-state index contributed by atoms with van der Waals surface area (Å²) in [4.78, 5) is 38.2. The topological polar surface area (TPSA) is 114 Å². The third-order valence-electron chi connectivity index (χ3n) is 25.7. The Bertz CT molecular complexity index is 9750. The molecular weight excluding hydrogens is 1520 g/mol. The molecule has 12 heterocycles. The molecule has 12 aromatic heterocycles. The summed E-state index contributed by atoms with van der Waals surface area (Å²) < 4.78 is 14.1. The molecule has 0 aliphatic heterocycles. The van der Waals surface area contributed by atoms with Gasteiger partial charge in [0.05, 0.1) is 111 Å². The summed E-state index contributed by atoms with van der Waals surface area (Å²) in [6.45, 7) is 15.4. The van der Waals surface area contributed by atoms with Crippen molar-refractivity contribution in [1.82, 2.24) is 56.8 Å². The number of fused-ring (bicyclic) bond motifs is 33. The minimum Gasteiger partial charge on any atom is -0.358 e. The molecule has 0 spiro atoms. The van der Waals surface area contributed by atoms with E-state index in [-0.39, 0.29) is 0 Å². The van der Waals surface area contributed by atoms with Gasteiger partial charge in [-0.05, 0) is 109 Å². The van der Waals surface area contributed by atoms with Gasteiger partial charge >= 0.3 is 5.82 Å². The molecule has 0 N–H and O–H groups in total. The number of benzene rings is 17. The van der Waals surface area contributed by atoms with Crippen LogP contribution in [0.25, 0.3) is 262 Å². The summed E-state index contributed by atoms with van der Waals surface area (Å²) in [5, 5.41) is 22.1. The maximum absolute atomic E-state index is 7.98. The standard InChI is InChI=1S/C39H21N5.C38H22N4.C33H17N5/c1-40-24-20-18-23(19-21-24)37-39(42-30-14-6-5-13-29(30)41-37)44-33-17-9-3-11-26(33)35-34(44)22-28-25-10-2-7-15-31(25)43-32-16-8-4-12-27(32)36(35)38(28)43;1-2-12-23(13-3-1)36-38(40-29-18-8-7-17-28(29)39-36)42-32-21-11-5-15-25(32)34-33(42)22-27-24-14-4-9-19-30(24)41-31-20-10-6-16-26(31)35(34)37(27)41;1-34-32-33(36-24-14-6-5-13-23(24)35-32)38-27-17-9-3-11-20(27)29-28(38)18-22-19-10-2-7-15-25(19)37-26-16-8-4-12-21(26)30(29)31(22)37/h2-22H;1-22H;2-18H. The van der Waals surface area contributed by atoms with Crippen LogP contribution in [0.15, 0.2) is 364 Å². The van der Waals surface area contributed by atoms with Crippen molar-refractivity contribution in [3.8, 4) is 40.0 Å². The number of hydrogen-bond donors (Lipinski definition) is 0. The van der Waals surface area contributed by atoms with E-state index in [1.54, 1.807) is 0 Å². The fraction of sp³-hybridized carbons (Fsp3) is 0. The largest absolute Gasteiger partial charge is 0.358 e. The molecule has 124 heavy (non-hydrogen) atoms. The van der Waals surface area contributed by atoms with E-state index in [0.29, 0.717) is 17.3 Å². The van der Waals surface area contributed by atoms with Crippen molar-refractivity contribution in [2.45, 2.75) is 0 Å². The van der Waals surface area contributed by atoms with Gasteiger partial charge < -0.3 is 22.6 Å². The molecule has 29 aromatic rings. The molecule has 0 unspecified atom stereocenters. The zero-order chi connectivity index (χ0) is 81.3. The second-order valence-corrected chi connectivity index (χ2v) is 32.1. The molecule has 0 saturated carbocycles. The predicted octanol–water partition coefficient (Wildman–Crippen LogP) is 28.1. The maximum Gasteiger partial charge on any atom is 0.313 e. The van der Waals surface area contributed by atoms with Gasteiger partial charge in [-0.15, -0.1) is 4.98 Å². The lowest BCUT2D eigenvalue weighted by Crippen LogP contribution is -2.03. The summed E-state index contributed by atoms with van der Waals surface area (Å²) in [6.07, 6.45) is 0. The van der Waals surface area contributed by atoms with Crippen LogP contribution in [-0.4, -0.2) is 56.8 Å². The molecule has 0 radical (unpaired) electrons. The zero-order valence-electron chi connectivity index (χ0n) is 65.9. The quantitative estimate of drug-likeness (QED) is 0.159. The highest BCUT2D eigenvalue weighted by Crippen LogP contribution is 2.52. The summed E-state index contributed by atoms with van der Waals surface area (Å²) in [7, 11) is 0. The van der Waals surface area contributed by atoms with Crippen molar-refractivity contribution in [3.05, 3.63) is 387 Å². The first kappa shape index (κ1) is 67.6. The SMILES string of the molecule is [C-]#[N+]c1ccc(-c2nc3ccccc3nc2-n2c3ccccc3c3c4c5ccccc5n5c6ccccc6c(cc32)c45)cc1.[C-]#[N+]c1nc2ccccc2nc1-n1c2ccccc2c2c3c4ccccc4n4c5ccccc5c(cc21)c34.c1ccc(-c2nc3ccccc3nc2-n2c3ccccc3c3c4c5ccccc5n5c6ccccc6c(cc32)c45)cc1. The van der Waals surface area contributed by atoms with Gasteiger partial charge in [0.15, 0.2) is 28.7 Å². The van der Waals surface area contributed by atoms with Crippen LogP contribution in [0.5, 0.6) is 0 Å². The van der Waals surface area contributed by atoms with E-state index in [0.717, 1.165) is 106 Å². The first-order valence-electron chi connectivity index (χ1n) is 41.5. The Hall–Kier alpha value is -17.5. The Morgan fingerprint density at radius 2 is 0.452 bits per heavy atom. The van der Waals surface area contributed by atoms with Crippen molar-refractivity contribution in [2.75, 3.05) is 0 Å². The fourth-order valence-corrected chi connectivity index (χ4v) is 20.8. The number of rotatable bonds is 5. The second kappa shape index (κ2) is 25.5. The van der Waals surface area contributed by atoms with Gasteiger partial charge in [-0.1, -0.05) is 261 Å². The van der Waals surface area contributed by atoms with E-state index in [1.807, 2.05) is 103 Å². The van der Waals surface area contributed by atoms with Crippen LogP contribution in [0.1, 0.15) is 0 Å². The highest BCUT2D eigenvalue weighted by molar-refractivity contribution is 6.39. The van der Waals surface area contributed by atoms with E-state index < -0.39 is 0 Å². The molecule has 0 fully saturated rings. The average molecular weight is 1580 g/mol. The summed E-state index contributed by atoms with van der Waals surface area (Å²) in [5.41, 5.74) is 26.7. The van der Waals surface area contributed by atoms with Crippen LogP contribution >= 0.6 is 0 Å². The lowest BCUT2D eigenvalue weighted by atomic mass is 10.0. The second-order valence-electron chi connectivity index (χ2n) is 32.1. The molecule has 0 amide bonds. The molecule has 570 valence electrons. The van der Waals surface area contributed by atoms with Crippen molar-refractivity contribution in [1.29, 1.82) is 0 Å². The van der Waals surface area contributed by atoms with E-state index in [9.17, 15) is 0 Å². The van der Waals surface area contributed by atoms with Gasteiger partial charge in [-0.3, -0.25) is 9.13 Å². The summed E-state index contributed by atoms with van der Waals surface area (Å²) in [6, 6.07) is 127. The monoisotopic (exact) mass is 1580 g/mol. The molecule has 17 aromatic carbocycles. The third-order valence-corrected chi connectivity index (χ3v) is 25.7. The smallest absolute Gasteiger partial charge is 0.313 e. The normalized spacial score (nSPS) is 12.2. The van der Waals surface area contributed by atoms with Crippen molar-refractivity contribution in [2.24, 2.45) is 0 Å². The lowest BCUT2D eigenvalue weighted by molar-refractivity contribution is 1.08. The zero-order valence-corrected chi connectivity index (χ0v) is 65.9. The van der Waals surface area contributed by atoms with Crippen molar-refractivity contribution < 1.29 is 0 Å². The minimum absolute atomic E-state index is 0.297. The first-order chi connectivity index (χ1) is 61.5. The number of para-hydroxylation sites is 15. The highest BCUT2D eigenvalue weighted by atomic mass is 15.1. The Balaban J connectivity index is 0.0000000975. The van der Waals surface area contributed by atoms with Gasteiger partial charge in [-0.2, -0.15) is 0 Å². The van der Waals surface area contributed by atoms with E-state index in [4.69, 9.17) is 43.0 Å². The van der Waals surface area contributed by atoms with Crippen LogP contribution in [0.4, 0.5) is 11.5 Å². The van der Waals surface area contributed by atoms with E-state index >= 15 is 0 Å². The van der Waals surface area contributed by atoms with E-state index in [1.165, 1.54) is 141 Å². The van der Waals surface area contributed by atoms with Crippen molar-refractivity contribution >= 4 is 224 Å². The third kappa shape index (κ3) is 9.23. The first-order valence-corrected chi connectivity index (χ1v) is 41.5. The number of aromatic nitrogens is 12. The Morgan fingerprint density at radius 3 is 0.790 bits per heavy atom. The van der Waals surface area contributed by atoms with Crippen LogP contribution in [0, 0.1) is 13.1 Å². The molecule has 0 bridgehead atoms. The van der Waals surface area contributed by atoms with Gasteiger partial charge in [0.1, 0.15) is 16.9 Å². The van der Waals surface area contributed by atoms with Gasteiger partial charge in [-0.25, -0.2) is 29.8 Å². The summed E-state index contributed by atoms with van der Waals surface area (Å²) in [5.74, 6) is 2.47. The van der Waals surface area contributed by atoms with Crippen LogP contribution in [-0.2, 0) is 0 Å². The minimum atomic E-state index is 0.297. The van der Waals surface area contributed by atoms with Crippen molar-refractivity contribution in [3.63, 3.8) is 0 Å². The van der Waals surface area contributed by atoms with Gasteiger partial charge in [0.2, 0.25) is 0 Å². The molecule has 0 atom stereocenters. The fourth-order valence-electron chi connectivity index (χ4n) is 20.8. The molecule has 0 saturated heterocycles. The predicted molar refractivity (Wildman–Crippen MR) is 509 cm³/mol. The summed E-state index contributed by atoms with van der Waals surface area (Å²) >= 11 is 0. The Morgan fingerprint density at radius 1 is 0.194 bits per heavy atom. The molecule has 29 rings (SSSR count).